The zero-order valence-electron chi connectivity index (χ0n) is 15.1. The first-order valence-corrected chi connectivity index (χ1v) is 9.55. The van der Waals surface area contributed by atoms with E-state index in [-0.39, 0.29) is 11.8 Å². The number of nitrogens with one attached hydrogen (secondary N) is 1. The number of morpholine rings is 1. The number of ether oxygens (including phenoxy) is 1. The number of hydrazone groups is 1. The maximum absolute atomic E-state index is 14.1. The van der Waals surface area contributed by atoms with Crippen molar-refractivity contribution in [2.75, 3.05) is 36.6 Å². The van der Waals surface area contributed by atoms with Crippen LogP contribution in [0.2, 0.25) is 10.0 Å². The van der Waals surface area contributed by atoms with Crippen LogP contribution in [0.15, 0.2) is 46.0 Å². The smallest absolute Gasteiger partial charge is 0.245 e. The van der Waals surface area contributed by atoms with E-state index in [9.17, 15) is 4.39 Å². The van der Waals surface area contributed by atoms with Crippen LogP contribution in [0, 0.1) is 5.82 Å². The minimum Gasteiger partial charge on any atom is -0.455 e. The predicted molar refractivity (Wildman–Crippen MR) is 110 cm³/mol. The van der Waals surface area contributed by atoms with Crippen molar-refractivity contribution in [3.63, 3.8) is 0 Å². The first-order valence-electron chi connectivity index (χ1n) is 8.80. The quantitative estimate of drug-likeness (QED) is 0.470. The summed E-state index contributed by atoms with van der Waals surface area (Å²) < 4.78 is 25.1. The van der Waals surface area contributed by atoms with E-state index in [1.165, 1.54) is 6.21 Å². The summed E-state index contributed by atoms with van der Waals surface area (Å²) in [4.78, 5) is 9.92. The fraction of sp³-hybridized carbons (Fsp3) is 0.211. The Morgan fingerprint density at radius 2 is 2.00 bits per heavy atom. The largest absolute Gasteiger partial charge is 0.455 e. The van der Waals surface area contributed by atoms with Gasteiger partial charge in [-0.2, -0.15) is 10.1 Å². The van der Waals surface area contributed by atoms with Gasteiger partial charge in [-0.25, -0.2) is 14.8 Å². The minimum atomic E-state index is -0.489. The molecule has 0 radical (unpaired) electrons. The van der Waals surface area contributed by atoms with Gasteiger partial charge in [-0.05, 0) is 30.3 Å². The zero-order valence-corrected chi connectivity index (χ0v) is 16.6. The standard InChI is InChI=1S/C19H16Cl2FN5O2/c20-12-1-3-14(15(21)9-12)17-4-2-13(29-17)10-24-26-19-23-11-16(22)18(25-19)27-5-7-28-8-6-27/h1-4,9-11H,5-8H2,(H,23,25,26). The number of nitrogens with zero attached hydrogens (tertiary/aromatic N) is 4. The second-order valence-corrected chi connectivity index (χ2v) is 7.00. The lowest BCUT2D eigenvalue weighted by molar-refractivity contribution is 0.122. The Bertz CT molecular complexity index is 1040. The Labute approximate surface area is 176 Å². The lowest BCUT2D eigenvalue weighted by atomic mass is 10.2. The fourth-order valence-electron chi connectivity index (χ4n) is 2.82. The maximum atomic E-state index is 14.1. The second kappa shape index (κ2) is 8.77. The molecule has 2 aromatic heterocycles. The van der Waals surface area contributed by atoms with Gasteiger partial charge in [0.05, 0.1) is 30.6 Å². The Balaban J connectivity index is 1.45. The SMILES string of the molecule is Fc1cnc(NN=Cc2ccc(-c3ccc(Cl)cc3Cl)o2)nc1N1CCOCC1. The Morgan fingerprint density at radius 3 is 2.79 bits per heavy atom. The summed E-state index contributed by atoms with van der Waals surface area (Å²) in [6.45, 7) is 2.20. The van der Waals surface area contributed by atoms with Crippen molar-refractivity contribution in [3.8, 4) is 11.3 Å². The molecule has 1 saturated heterocycles. The third-order valence-corrected chi connectivity index (χ3v) is 4.76. The van der Waals surface area contributed by atoms with Crippen LogP contribution < -0.4 is 10.3 Å². The van der Waals surface area contributed by atoms with E-state index in [0.717, 1.165) is 11.8 Å². The van der Waals surface area contributed by atoms with Crippen molar-refractivity contribution < 1.29 is 13.5 Å². The van der Waals surface area contributed by atoms with Gasteiger partial charge < -0.3 is 14.1 Å². The summed E-state index contributed by atoms with van der Waals surface area (Å²) in [6, 6.07) is 8.69. The molecule has 0 bridgehead atoms. The molecule has 1 N–H and O–H groups in total. The molecule has 1 aliphatic rings. The number of hydrogen-bond donors (Lipinski definition) is 1. The summed E-state index contributed by atoms with van der Waals surface area (Å²) in [5.41, 5.74) is 3.41. The number of halogens is 3. The number of anilines is 2. The third kappa shape index (κ3) is 4.67. The molecule has 1 aliphatic heterocycles. The Hall–Kier alpha value is -2.68. The van der Waals surface area contributed by atoms with E-state index >= 15 is 0 Å². The fourth-order valence-corrected chi connectivity index (χ4v) is 3.32. The van der Waals surface area contributed by atoms with E-state index in [4.69, 9.17) is 32.4 Å². The van der Waals surface area contributed by atoms with Crippen LogP contribution in [-0.2, 0) is 4.74 Å². The molecule has 29 heavy (non-hydrogen) atoms. The van der Waals surface area contributed by atoms with Crippen LogP contribution in [-0.4, -0.2) is 42.5 Å². The Kier molecular flexibility index (Phi) is 5.94. The van der Waals surface area contributed by atoms with E-state index in [1.54, 1.807) is 30.3 Å². The van der Waals surface area contributed by atoms with Crippen molar-refractivity contribution in [1.29, 1.82) is 0 Å². The highest BCUT2D eigenvalue weighted by molar-refractivity contribution is 6.36. The van der Waals surface area contributed by atoms with Crippen LogP contribution in [0.3, 0.4) is 0 Å². The summed E-state index contributed by atoms with van der Waals surface area (Å²) in [5, 5.41) is 5.10. The van der Waals surface area contributed by atoms with Gasteiger partial charge in [0.25, 0.3) is 0 Å². The van der Waals surface area contributed by atoms with Crippen LogP contribution in [0.4, 0.5) is 16.2 Å². The van der Waals surface area contributed by atoms with Crippen molar-refractivity contribution in [3.05, 3.63) is 58.2 Å². The molecule has 0 atom stereocenters. The molecular formula is C19H16Cl2FN5O2. The highest BCUT2D eigenvalue weighted by Crippen LogP contribution is 2.31. The first kappa shape index (κ1) is 19.6. The summed E-state index contributed by atoms with van der Waals surface area (Å²) >= 11 is 12.1. The van der Waals surface area contributed by atoms with E-state index < -0.39 is 5.82 Å². The molecule has 10 heteroatoms. The third-order valence-electron chi connectivity index (χ3n) is 4.22. The minimum absolute atomic E-state index is 0.177. The monoisotopic (exact) mass is 435 g/mol. The number of hydrogen-bond acceptors (Lipinski definition) is 7. The van der Waals surface area contributed by atoms with Gasteiger partial charge in [-0.1, -0.05) is 23.2 Å². The topological polar surface area (TPSA) is 75.8 Å². The summed E-state index contributed by atoms with van der Waals surface area (Å²) in [6.07, 6.45) is 2.58. The van der Waals surface area contributed by atoms with Crippen molar-refractivity contribution in [2.24, 2.45) is 5.10 Å². The highest BCUT2D eigenvalue weighted by atomic mass is 35.5. The number of rotatable bonds is 5. The van der Waals surface area contributed by atoms with Gasteiger partial charge in [-0.3, -0.25) is 0 Å². The van der Waals surface area contributed by atoms with E-state index in [2.05, 4.69) is 20.5 Å². The number of furan rings is 1. The number of benzene rings is 1. The molecule has 7 nitrogen and oxygen atoms in total. The van der Waals surface area contributed by atoms with Crippen molar-refractivity contribution >= 4 is 41.2 Å². The predicted octanol–water partition coefficient (Wildman–Crippen LogP) is 4.47. The molecule has 1 fully saturated rings. The first-order chi connectivity index (χ1) is 14.1. The van der Waals surface area contributed by atoms with Crippen molar-refractivity contribution in [1.82, 2.24) is 9.97 Å². The van der Waals surface area contributed by atoms with Gasteiger partial charge in [0, 0.05) is 23.7 Å². The highest BCUT2D eigenvalue weighted by Gasteiger charge is 2.17. The lowest BCUT2D eigenvalue weighted by Gasteiger charge is -2.27. The second-order valence-electron chi connectivity index (χ2n) is 6.16. The zero-order chi connectivity index (χ0) is 20.2. The van der Waals surface area contributed by atoms with Crippen molar-refractivity contribution in [2.45, 2.75) is 0 Å². The van der Waals surface area contributed by atoms with Crippen LogP contribution in [0.1, 0.15) is 5.76 Å². The normalized spacial score (nSPS) is 14.5. The molecule has 0 amide bonds. The Morgan fingerprint density at radius 1 is 1.17 bits per heavy atom. The molecule has 0 saturated carbocycles. The molecule has 0 spiro atoms. The average Bonchev–Trinajstić information content (AvgIpc) is 3.18. The van der Waals surface area contributed by atoms with Crippen LogP contribution in [0.5, 0.6) is 0 Å². The average molecular weight is 436 g/mol. The molecule has 3 heterocycles. The maximum Gasteiger partial charge on any atom is 0.245 e. The van der Waals surface area contributed by atoms with Gasteiger partial charge >= 0.3 is 0 Å². The molecule has 3 aromatic rings. The van der Waals surface area contributed by atoms with Crippen LogP contribution in [0.25, 0.3) is 11.3 Å². The van der Waals surface area contributed by atoms with E-state index in [0.29, 0.717) is 47.9 Å². The van der Waals surface area contributed by atoms with Crippen LogP contribution >= 0.6 is 23.2 Å². The van der Waals surface area contributed by atoms with Gasteiger partial charge in [-0.15, -0.1) is 0 Å². The molecule has 1 aromatic carbocycles. The van der Waals surface area contributed by atoms with Gasteiger partial charge in [0.2, 0.25) is 5.95 Å². The molecule has 4 rings (SSSR count). The molecule has 0 aliphatic carbocycles. The summed E-state index contributed by atoms with van der Waals surface area (Å²) in [7, 11) is 0. The molecular weight excluding hydrogens is 420 g/mol. The summed E-state index contributed by atoms with van der Waals surface area (Å²) in [5.74, 6) is 0.988. The molecule has 0 unspecified atom stereocenters. The lowest BCUT2D eigenvalue weighted by Crippen LogP contribution is -2.37. The van der Waals surface area contributed by atoms with Gasteiger partial charge in [0.1, 0.15) is 11.5 Å². The number of aromatic nitrogens is 2. The van der Waals surface area contributed by atoms with Gasteiger partial charge in [0.15, 0.2) is 11.6 Å². The van der Waals surface area contributed by atoms with E-state index in [1.807, 2.05) is 4.90 Å². The molecule has 150 valence electrons.